The molecule has 2 aromatic rings. The molecule has 0 saturated carbocycles. The van der Waals surface area contributed by atoms with Crippen LogP contribution in [0.25, 0.3) is 0 Å². The molecule has 1 unspecified atom stereocenters. The quantitative estimate of drug-likeness (QED) is 0.746. The molecule has 0 N–H and O–H groups in total. The van der Waals surface area contributed by atoms with Gasteiger partial charge in [0.15, 0.2) is 6.04 Å². The van der Waals surface area contributed by atoms with Gasteiger partial charge in [0, 0.05) is 0 Å². The zero-order valence-corrected chi connectivity index (χ0v) is 8.94. The Morgan fingerprint density at radius 2 is 2.00 bits per heavy atom. The first-order valence-electron chi connectivity index (χ1n) is 4.49. The normalized spacial score (nSPS) is 12.3. The lowest BCUT2D eigenvalue weighted by atomic mass is 10.0. The minimum absolute atomic E-state index is 0.537. The highest BCUT2D eigenvalue weighted by atomic mass is 32.1. The van der Waals surface area contributed by atoms with Crippen molar-refractivity contribution in [3.05, 3.63) is 52.2 Å². The molecule has 0 aliphatic heterocycles. The number of hydrogen-bond acceptors (Lipinski definition) is 5. The van der Waals surface area contributed by atoms with Crippen molar-refractivity contribution in [3.63, 3.8) is 0 Å². The maximum Gasteiger partial charge on any atom is 0.162 e. The molecule has 76 valence electrons. The minimum Gasteiger partial charge on any atom is -0.178 e. The van der Waals surface area contributed by atoms with E-state index in [-0.39, 0.29) is 0 Å². The van der Waals surface area contributed by atoms with E-state index >= 15 is 0 Å². The number of hydrogen-bond donors (Lipinski definition) is 0. The molecule has 2 rings (SSSR count). The van der Waals surface area contributed by atoms with Gasteiger partial charge in [0.1, 0.15) is 5.69 Å². The lowest BCUT2D eigenvalue weighted by Gasteiger charge is -2.06. The first-order valence-corrected chi connectivity index (χ1v) is 5.22. The van der Waals surface area contributed by atoms with Crippen molar-refractivity contribution in [1.82, 2.24) is 8.75 Å². The van der Waals surface area contributed by atoms with Crippen LogP contribution in [0.1, 0.15) is 23.0 Å². The Bertz CT molecular complexity index is 455. The molecule has 1 aromatic carbocycles. The van der Waals surface area contributed by atoms with Gasteiger partial charge in [-0.1, -0.05) is 35.5 Å². The first-order chi connectivity index (χ1) is 7.33. The van der Waals surface area contributed by atoms with Crippen molar-refractivity contribution in [1.29, 1.82) is 0 Å². The van der Waals surface area contributed by atoms with Crippen molar-refractivity contribution >= 4 is 11.7 Å². The highest BCUT2D eigenvalue weighted by Gasteiger charge is 2.19. The zero-order chi connectivity index (χ0) is 10.7. The third-order valence-corrected chi connectivity index (χ3v) is 2.80. The highest BCUT2D eigenvalue weighted by molar-refractivity contribution is 6.99. The van der Waals surface area contributed by atoms with E-state index in [0.717, 1.165) is 23.0 Å². The van der Waals surface area contributed by atoms with E-state index in [9.17, 15) is 4.91 Å². The van der Waals surface area contributed by atoms with E-state index in [0.29, 0.717) is 5.69 Å². The van der Waals surface area contributed by atoms with Gasteiger partial charge in [-0.05, 0) is 12.5 Å². The standard InChI is InChI=1S/C10H9N3OS/c1-7-9(13-15-12-7)10(11-14)8-5-3-2-4-6-8/h2-6,10H,1H3. The number of rotatable bonds is 3. The molecule has 0 amide bonds. The van der Waals surface area contributed by atoms with Crippen molar-refractivity contribution in [2.45, 2.75) is 13.0 Å². The number of nitroso groups, excluding NO2 is 1. The van der Waals surface area contributed by atoms with Crippen LogP contribution in [0.5, 0.6) is 0 Å². The SMILES string of the molecule is Cc1nsnc1C(N=O)c1ccccc1. The second-order valence-electron chi connectivity index (χ2n) is 3.15. The molecule has 1 aromatic heterocycles. The third kappa shape index (κ3) is 1.92. The van der Waals surface area contributed by atoms with Gasteiger partial charge in [0.2, 0.25) is 0 Å². The molecule has 1 atom stereocenters. The van der Waals surface area contributed by atoms with Crippen LogP contribution < -0.4 is 0 Å². The smallest absolute Gasteiger partial charge is 0.162 e. The molecule has 0 spiro atoms. The van der Waals surface area contributed by atoms with Gasteiger partial charge in [0.05, 0.1) is 17.4 Å². The summed E-state index contributed by atoms with van der Waals surface area (Å²) in [4.78, 5) is 10.8. The second kappa shape index (κ2) is 4.27. The van der Waals surface area contributed by atoms with E-state index < -0.39 is 6.04 Å². The summed E-state index contributed by atoms with van der Waals surface area (Å²) in [7, 11) is 0. The van der Waals surface area contributed by atoms with E-state index in [4.69, 9.17) is 0 Å². The van der Waals surface area contributed by atoms with Crippen LogP contribution in [0.3, 0.4) is 0 Å². The summed E-state index contributed by atoms with van der Waals surface area (Å²) in [6.07, 6.45) is 0. The Labute approximate surface area is 91.3 Å². The molecule has 0 bridgehead atoms. The van der Waals surface area contributed by atoms with Gasteiger partial charge in [-0.25, -0.2) is 0 Å². The number of benzene rings is 1. The van der Waals surface area contributed by atoms with Gasteiger partial charge < -0.3 is 0 Å². The molecule has 0 aliphatic rings. The molecule has 15 heavy (non-hydrogen) atoms. The molecule has 4 nitrogen and oxygen atoms in total. The van der Waals surface area contributed by atoms with Gasteiger partial charge in [-0.3, -0.25) is 0 Å². The monoisotopic (exact) mass is 219 g/mol. The van der Waals surface area contributed by atoms with Crippen LogP contribution in [-0.4, -0.2) is 8.75 Å². The molecule has 0 radical (unpaired) electrons. The Kier molecular flexibility index (Phi) is 2.82. The molecule has 1 heterocycles. The Morgan fingerprint density at radius 3 is 2.53 bits per heavy atom. The summed E-state index contributed by atoms with van der Waals surface area (Å²) >= 11 is 1.11. The van der Waals surface area contributed by atoms with Crippen molar-refractivity contribution in [2.75, 3.05) is 0 Å². The van der Waals surface area contributed by atoms with E-state index in [1.807, 2.05) is 37.3 Å². The molecular formula is C10H9N3OS. The topological polar surface area (TPSA) is 55.2 Å². The Hall–Kier alpha value is -1.62. The molecule has 0 saturated heterocycles. The highest BCUT2D eigenvalue weighted by Crippen LogP contribution is 2.26. The fraction of sp³-hybridized carbons (Fsp3) is 0.200. The number of aromatic nitrogens is 2. The maximum atomic E-state index is 10.8. The fourth-order valence-electron chi connectivity index (χ4n) is 1.39. The number of nitrogens with zero attached hydrogens (tertiary/aromatic N) is 3. The summed E-state index contributed by atoms with van der Waals surface area (Å²) in [6.45, 7) is 1.83. The van der Waals surface area contributed by atoms with Crippen molar-refractivity contribution < 1.29 is 0 Å². The average Bonchev–Trinajstić information content (AvgIpc) is 2.68. The van der Waals surface area contributed by atoms with Gasteiger partial charge >= 0.3 is 0 Å². The lowest BCUT2D eigenvalue weighted by molar-refractivity contribution is 0.826. The van der Waals surface area contributed by atoms with Crippen LogP contribution in [0, 0.1) is 11.8 Å². The van der Waals surface area contributed by atoms with Crippen molar-refractivity contribution in [3.8, 4) is 0 Å². The molecule has 0 aliphatic carbocycles. The zero-order valence-electron chi connectivity index (χ0n) is 8.12. The molecule has 0 fully saturated rings. The van der Waals surface area contributed by atoms with Gasteiger partial charge in [-0.2, -0.15) is 8.75 Å². The molecule has 5 heteroatoms. The Balaban J connectivity index is 2.42. The van der Waals surface area contributed by atoms with Crippen LogP contribution in [0.4, 0.5) is 0 Å². The van der Waals surface area contributed by atoms with E-state index in [1.165, 1.54) is 0 Å². The third-order valence-electron chi connectivity index (χ3n) is 2.17. The number of aryl methyl sites for hydroxylation is 1. The predicted octanol–water partition coefficient (Wildman–Crippen LogP) is 2.70. The summed E-state index contributed by atoms with van der Waals surface area (Å²) in [5.74, 6) is 0. The summed E-state index contributed by atoms with van der Waals surface area (Å²) in [5, 5.41) is 3.12. The second-order valence-corrected chi connectivity index (χ2v) is 3.68. The van der Waals surface area contributed by atoms with Crippen LogP contribution in [0.2, 0.25) is 0 Å². The summed E-state index contributed by atoms with van der Waals surface area (Å²) in [6, 6.07) is 8.85. The predicted molar refractivity (Wildman–Crippen MR) is 58.7 cm³/mol. The summed E-state index contributed by atoms with van der Waals surface area (Å²) < 4.78 is 8.14. The minimum atomic E-state index is -0.537. The van der Waals surface area contributed by atoms with E-state index in [1.54, 1.807) is 0 Å². The first kappa shape index (κ1) is 9.92. The lowest BCUT2D eigenvalue weighted by Crippen LogP contribution is -1.99. The summed E-state index contributed by atoms with van der Waals surface area (Å²) in [5.41, 5.74) is 2.28. The van der Waals surface area contributed by atoms with Crippen LogP contribution >= 0.6 is 11.7 Å². The van der Waals surface area contributed by atoms with Gasteiger partial charge in [0.25, 0.3) is 0 Å². The van der Waals surface area contributed by atoms with Gasteiger partial charge in [-0.15, -0.1) is 4.91 Å². The Morgan fingerprint density at radius 1 is 1.27 bits per heavy atom. The van der Waals surface area contributed by atoms with E-state index in [2.05, 4.69) is 13.9 Å². The van der Waals surface area contributed by atoms with Crippen LogP contribution in [-0.2, 0) is 0 Å². The fourth-order valence-corrected chi connectivity index (χ4v) is 1.97. The maximum absolute atomic E-state index is 10.8. The average molecular weight is 219 g/mol. The largest absolute Gasteiger partial charge is 0.178 e. The van der Waals surface area contributed by atoms with Crippen molar-refractivity contribution in [2.24, 2.45) is 5.18 Å². The van der Waals surface area contributed by atoms with Crippen LogP contribution in [0.15, 0.2) is 35.5 Å². The molecular weight excluding hydrogens is 210 g/mol.